The molecule has 1 N–H and O–H groups in total. The molecule has 0 aromatic heterocycles. The molecule has 0 saturated carbocycles. The summed E-state index contributed by atoms with van der Waals surface area (Å²) in [6.45, 7) is 8.01. The van der Waals surface area contributed by atoms with E-state index in [1.807, 2.05) is 13.0 Å². The number of rotatable bonds is 4. The Balaban J connectivity index is 2.46. The molecule has 0 aliphatic carbocycles. The summed E-state index contributed by atoms with van der Waals surface area (Å²) < 4.78 is 23.6. The number of allylic oxidation sites excluding steroid dienone is 2. The second-order valence-corrected chi connectivity index (χ2v) is 5.78. The Morgan fingerprint density at radius 3 is 2.52 bits per heavy atom. The van der Waals surface area contributed by atoms with Crippen LogP contribution in [-0.4, -0.2) is 12.8 Å². The zero-order valence-electron chi connectivity index (χ0n) is 13.9. The van der Waals surface area contributed by atoms with E-state index in [9.17, 15) is 9.18 Å². The molecule has 4 nitrogen and oxygen atoms in total. The third-order valence-electron chi connectivity index (χ3n) is 3.61. The molecule has 5 heteroatoms. The standard InChI is InChI=1S/C18H22FNO3/c1-5-22-18(21)23-17-15(11(2)3)10-12(4)20-16(17)13-6-8-14(19)9-7-13/h6-11,15,20H,5H2,1-4H3. The zero-order chi connectivity index (χ0) is 17.0. The molecule has 1 aliphatic rings. The van der Waals surface area contributed by atoms with Gasteiger partial charge >= 0.3 is 6.16 Å². The number of carbonyl (C=O) groups is 1. The molecule has 0 spiro atoms. The lowest BCUT2D eigenvalue weighted by atomic mass is 9.88. The van der Waals surface area contributed by atoms with E-state index in [4.69, 9.17) is 9.47 Å². The van der Waals surface area contributed by atoms with Crippen molar-refractivity contribution in [3.05, 3.63) is 53.2 Å². The molecule has 1 atom stereocenters. The first kappa shape index (κ1) is 17.1. The molecule has 124 valence electrons. The smallest absolute Gasteiger partial charge is 0.434 e. The van der Waals surface area contributed by atoms with Crippen molar-refractivity contribution in [2.75, 3.05) is 6.61 Å². The van der Waals surface area contributed by atoms with Gasteiger partial charge in [-0.2, -0.15) is 0 Å². The highest BCUT2D eigenvalue weighted by Crippen LogP contribution is 2.34. The summed E-state index contributed by atoms with van der Waals surface area (Å²) in [6, 6.07) is 6.07. The molecule has 1 heterocycles. The highest BCUT2D eigenvalue weighted by Gasteiger charge is 2.29. The first-order valence-electron chi connectivity index (χ1n) is 7.72. The minimum absolute atomic E-state index is 0.0688. The zero-order valence-corrected chi connectivity index (χ0v) is 13.9. The predicted molar refractivity (Wildman–Crippen MR) is 86.6 cm³/mol. The molecule has 1 aromatic rings. The SMILES string of the molecule is CCOC(=O)OC1=C(c2ccc(F)cc2)NC(C)=CC1C(C)C. The second-order valence-electron chi connectivity index (χ2n) is 5.78. The molecule has 0 bridgehead atoms. The first-order chi connectivity index (χ1) is 10.9. The average molecular weight is 319 g/mol. The van der Waals surface area contributed by atoms with Crippen LogP contribution < -0.4 is 5.32 Å². The fourth-order valence-electron chi connectivity index (χ4n) is 2.49. The van der Waals surface area contributed by atoms with E-state index in [0.717, 1.165) is 11.3 Å². The molecular formula is C18H22FNO3. The molecular weight excluding hydrogens is 297 g/mol. The largest absolute Gasteiger partial charge is 0.513 e. The number of nitrogens with one attached hydrogen (secondary N) is 1. The van der Waals surface area contributed by atoms with Crippen molar-refractivity contribution in [1.29, 1.82) is 0 Å². The van der Waals surface area contributed by atoms with E-state index >= 15 is 0 Å². The van der Waals surface area contributed by atoms with E-state index in [2.05, 4.69) is 19.2 Å². The monoisotopic (exact) mass is 319 g/mol. The fraction of sp³-hybridized carbons (Fsp3) is 0.389. The van der Waals surface area contributed by atoms with Crippen LogP contribution in [0, 0.1) is 17.7 Å². The maximum absolute atomic E-state index is 13.2. The summed E-state index contributed by atoms with van der Waals surface area (Å²) >= 11 is 0. The third kappa shape index (κ3) is 4.12. The Morgan fingerprint density at radius 1 is 1.30 bits per heavy atom. The quantitative estimate of drug-likeness (QED) is 0.833. The number of ether oxygens (including phenoxy) is 2. The molecule has 0 radical (unpaired) electrons. The van der Waals surface area contributed by atoms with Crippen molar-refractivity contribution in [1.82, 2.24) is 5.32 Å². The molecule has 1 aromatic carbocycles. The summed E-state index contributed by atoms with van der Waals surface area (Å²) in [5, 5.41) is 3.22. The highest BCUT2D eigenvalue weighted by atomic mass is 19.1. The van der Waals surface area contributed by atoms with Gasteiger partial charge in [0.1, 0.15) is 11.6 Å². The van der Waals surface area contributed by atoms with Crippen LogP contribution in [0.2, 0.25) is 0 Å². The van der Waals surface area contributed by atoms with Crippen molar-refractivity contribution in [3.8, 4) is 0 Å². The van der Waals surface area contributed by atoms with Crippen molar-refractivity contribution in [2.45, 2.75) is 27.7 Å². The van der Waals surface area contributed by atoms with E-state index in [1.54, 1.807) is 19.1 Å². The number of hydrogen-bond acceptors (Lipinski definition) is 4. The van der Waals surface area contributed by atoms with Gasteiger partial charge in [0.25, 0.3) is 0 Å². The fourth-order valence-corrected chi connectivity index (χ4v) is 2.49. The van der Waals surface area contributed by atoms with Crippen LogP contribution in [0.5, 0.6) is 0 Å². The van der Waals surface area contributed by atoms with E-state index < -0.39 is 6.16 Å². The van der Waals surface area contributed by atoms with Gasteiger partial charge in [-0.05, 0) is 44.0 Å². The minimum Gasteiger partial charge on any atom is -0.434 e. The number of halogens is 1. The summed E-state index contributed by atoms with van der Waals surface area (Å²) in [4.78, 5) is 11.8. The first-order valence-corrected chi connectivity index (χ1v) is 7.72. The lowest BCUT2D eigenvalue weighted by Crippen LogP contribution is -2.27. The average Bonchev–Trinajstić information content (AvgIpc) is 2.49. The lowest BCUT2D eigenvalue weighted by Gasteiger charge is -2.29. The van der Waals surface area contributed by atoms with Gasteiger partial charge in [-0.1, -0.05) is 19.9 Å². The predicted octanol–water partition coefficient (Wildman–Crippen LogP) is 4.45. The number of benzene rings is 1. The molecule has 1 unspecified atom stereocenters. The minimum atomic E-state index is -0.734. The Bertz CT molecular complexity index is 632. The van der Waals surface area contributed by atoms with Gasteiger partial charge in [-0.3, -0.25) is 0 Å². The van der Waals surface area contributed by atoms with E-state index in [-0.39, 0.29) is 24.3 Å². The van der Waals surface area contributed by atoms with Crippen LogP contribution in [-0.2, 0) is 9.47 Å². The maximum Gasteiger partial charge on any atom is 0.513 e. The van der Waals surface area contributed by atoms with Gasteiger partial charge < -0.3 is 14.8 Å². The topological polar surface area (TPSA) is 47.6 Å². The summed E-state index contributed by atoms with van der Waals surface area (Å²) in [7, 11) is 0. The van der Waals surface area contributed by atoms with Crippen LogP contribution in [0.3, 0.4) is 0 Å². The van der Waals surface area contributed by atoms with Gasteiger partial charge in [0.05, 0.1) is 12.3 Å². The number of dihydropyridines is 1. The van der Waals surface area contributed by atoms with Gasteiger partial charge in [-0.25, -0.2) is 9.18 Å². The third-order valence-corrected chi connectivity index (χ3v) is 3.61. The van der Waals surface area contributed by atoms with Crippen LogP contribution in [0.25, 0.3) is 5.70 Å². The Labute approximate surface area is 136 Å². The molecule has 23 heavy (non-hydrogen) atoms. The van der Waals surface area contributed by atoms with Crippen molar-refractivity contribution in [3.63, 3.8) is 0 Å². The van der Waals surface area contributed by atoms with Gasteiger partial charge in [0.2, 0.25) is 0 Å². The van der Waals surface area contributed by atoms with E-state index in [1.165, 1.54) is 12.1 Å². The highest BCUT2D eigenvalue weighted by molar-refractivity contribution is 5.73. The van der Waals surface area contributed by atoms with Crippen molar-refractivity contribution >= 4 is 11.9 Å². The Morgan fingerprint density at radius 2 is 1.96 bits per heavy atom. The van der Waals surface area contributed by atoms with Crippen LogP contribution in [0.15, 0.2) is 41.8 Å². The Kier molecular flexibility index (Phi) is 5.42. The van der Waals surface area contributed by atoms with Gasteiger partial charge in [0.15, 0.2) is 0 Å². The Hall–Kier alpha value is -2.30. The molecule has 0 saturated heterocycles. The molecule has 0 amide bonds. The second kappa shape index (κ2) is 7.31. The number of carbonyl (C=O) groups excluding carboxylic acids is 1. The number of hydrogen-bond donors (Lipinski definition) is 1. The summed E-state index contributed by atoms with van der Waals surface area (Å²) in [5.41, 5.74) is 2.37. The van der Waals surface area contributed by atoms with Crippen molar-refractivity contribution in [2.24, 2.45) is 11.8 Å². The van der Waals surface area contributed by atoms with E-state index in [0.29, 0.717) is 11.5 Å². The van der Waals surface area contributed by atoms with Gasteiger partial charge in [0, 0.05) is 17.2 Å². The van der Waals surface area contributed by atoms with Crippen LogP contribution >= 0.6 is 0 Å². The molecule has 1 aliphatic heterocycles. The maximum atomic E-state index is 13.2. The molecule has 0 fully saturated rings. The summed E-state index contributed by atoms with van der Waals surface area (Å²) in [5.74, 6) is 0.342. The van der Waals surface area contributed by atoms with Crippen LogP contribution in [0.1, 0.15) is 33.3 Å². The normalized spacial score (nSPS) is 17.7. The molecule has 2 rings (SSSR count). The van der Waals surface area contributed by atoms with Crippen LogP contribution in [0.4, 0.5) is 9.18 Å². The van der Waals surface area contributed by atoms with Crippen molar-refractivity contribution < 1.29 is 18.7 Å². The van der Waals surface area contributed by atoms with Gasteiger partial charge in [-0.15, -0.1) is 0 Å². The lowest BCUT2D eigenvalue weighted by molar-refractivity contribution is 0.0739. The summed E-state index contributed by atoms with van der Waals surface area (Å²) in [6.07, 6.45) is 1.29.